The Morgan fingerprint density at radius 1 is 1.08 bits per heavy atom. The highest BCUT2D eigenvalue weighted by Crippen LogP contribution is 2.42. The molecule has 1 aliphatic heterocycles. The predicted octanol–water partition coefficient (Wildman–Crippen LogP) is 2.41. The zero-order chi connectivity index (χ0) is 26.2. The summed E-state index contributed by atoms with van der Waals surface area (Å²) in [6, 6.07) is 2.25. The number of ether oxygens (including phenoxy) is 2. The maximum absolute atomic E-state index is 14.3. The van der Waals surface area contributed by atoms with Crippen molar-refractivity contribution in [1.29, 1.82) is 0 Å². The number of hydrogen-bond donors (Lipinski definition) is 3. The maximum atomic E-state index is 14.3. The fraction of sp³-hybridized carbons (Fsp3) is 0.667. The van der Waals surface area contributed by atoms with Crippen molar-refractivity contribution >= 4 is 17.7 Å². The molecule has 3 atom stereocenters. The number of amides is 3. The molecule has 1 saturated heterocycles. The molecule has 3 rings (SSSR count). The Bertz CT molecular complexity index is 930. The van der Waals surface area contributed by atoms with Crippen LogP contribution < -0.4 is 20.5 Å². The number of hydrogen-bond acceptors (Lipinski definition) is 6. The highest BCUT2D eigenvalue weighted by Gasteiger charge is 2.40. The monoisotopic (exact) mass is 503 g/mol. The van der Waals surface area contributed by atoms with Crippen LogP contribution in [0, 0.1) is 12.8 Å². The van der Waals surface area contributed by atoms with Gasteiger partial charge in [0.25, 0.3) is 0 Å². The second-order valence-electron chi connectivity index (χ2n) is 9.97. The van der Waals surface area contributed by atoms with E-state index < -0.39 is 29.8 Å². The van der Waals surface area contributed by atoms with Crippen LogP contribution in [0.15, 0.2) is 12.1 Å². The molecule has 0 spiro atoms. The van der Waals surface area contributed by atoms with E-state index in [9.17, 15) is 19.5 Å². The lowest BCUT2D eigenvalue weighted by Gasteiger charge is -2.40. The van der Waals surface area contributed by atoms with Crippen LogP contribution in [-0.2, 0) is 14.4 Å². The van der Waals surface area contributed by atoms with Crippen molar-refractivity contribution in [2.45, 2.75) is 82.7 Å². The van der Waals surface area contributed by atoms with Crippen LogP contribution in [0.25, 0.3) is 0 Å². The van der Waals surface area contributed by atoms with E-state index in [0.29, 0.717) is 24.5 Å². The van der Waals surface area contributed by atoms with Crippen LogP contribution in [-0.4, -0.2) is 67.2 Å². The molecule has 3 amide bonds. The van der Waals surface area contributed by atoms with Gasteiger partial charge < -0.3 is 30.5 Å². The topological polar surface area (TPSA) is 131 Å². The van der Waals surface area contributed by atoms with Gasteiger partial charge in [-0.2, -0.15) is 0 Å². The zero-order valence-corrected chi connectivity index (χ0v) is 21.8. The first-order valence-corrected chi connectivity index (χ1v) is 13.1. The number of carbonyl (C=O) groups is 3. The molecule has 36 heavy (non-hydrogen) atoms. The number of carbonyl (C=O) groups excluding carboxylic acids is 3. The molecule has 2 aliphatic rings. The van der Waals surface area contributed by atoms with Crippen molar-refractivity contribution in [3.8, 4) is 11.5 Å². The number of nitrogens with two attached hydrogens (primary N) is 1. The third kappa shape index (κ3) is 6.30. The summed E-state index contributed by atoms with van der Waals surface area (Å²) in [5, 5.41) is 11.9. The highest BCUT2D eigenvalue weighted by molar-refractivity contribution is 5.93. The fourth-order valence-electron chi connectivity index (χ4n) is 5.77. The van der Waals surface area contributed by atoms with Crippen LogP contribution in [0.4, 0.5) is 0 Å². The van der Waals surface area contributed by atoms with E-state index in [1.165, 1.54) is 0 Å². The minimum Gasteiger partial charge on any atom is -0.493 e. The number of aliphatic hydroxyl groups is 1. The number of methoxy groups -OCH3 is 2. The number of aryl methyl sites for hydroxylation is 1. The number of nitrogens with one attached hydrogen (secondary N) is 1. The van der Waals surface area contributed by atoms with Crippen LogP contribution in [0.3, 0.4) is 0 Å². The van der Waals surface area contributed by atoms with Gasteiger partial charge in [-0.3, -0.25) is 14.4 Å². The van der Waals surface area contributed by atoms with E-state index >= 15 is 0 Å². The third-order valence-corrected chi connectivity index (χ3v) is 7.60. The molecule has 1 saturated carbocycles. The minimum absolute atomic E-state index is 0.0390. The minimum atomic E-state index is -0.969. The fourth-order valence-corrected chi connectivity index (χ4v) is 5.77. The second kappa shape index (κ2) is 12.9. The number of aliphatic hydroxyl groups excluding tert-OH is 1. The summed E-state index contributed by atoms with van der Waals surface area (Å²) in [5.74, 6) is -0.164. The van der Waals surface area contributed by atoms with E-state index in [-0.39, 0.29) is 24.9 Å². The summed E-state index contributed by atoms with van der Waals surface area (Å²) in [6.07, 6.45) is 7.40. The van der Waals surface area contributed by atoms with Crippen molar-refractivity contribution in [3.05, 3.63) is 23.3 Å². The Balaban J connectivity index is 1.95. The highest BCUT2D eigenvalue weighted by atomic mass is 16.5. The Hall–Kier alpha value is -2.81. The Kier molecular flexibility index (Phi) is 9.98. The Labute approximate surface area is 213 Å². The normalized spacial score (nSPS) is 20.3. The lowest BCUT2D eigenvalue weighted by Crippen LogP contribution is -2.57. The number of likely N-dealkylation sites (tertiary alicyclic amines) is 1. The number of piperidine rings is 1. The molecule has 4 N–H and O–H groups in total. The summed E-state index contributed by atoms with van der Waals surface area (Å²) >= 11 is 0. The quantitative estimate of drug-likeness (QED) is 0.449. The van der Waals surface area contributed by atoms with Crippen LogP contribution in [0.1, 0.15) is 74.8 Å². The molecule has 0 bridgehead atoms. The van der Waals surface area contributed by atoms with Crippen molar-refractivity contribution in [2.24, 2.45) is 11.7 Å². The smallest absolute Gasteiger partial charge is 0.243 e. The number of rotatable bonds is 10. The summed E-state index contributed by atoms with van der Waals surface area (Å²) in [5.41, 5.74) is 7.18. The summed E-state index contributed by atoms with van der Waals surface area (Å²) in [4.78, 5) is 41.0. The number of primary amides is 1. The molecule has 1 heterocycles. The summed E-state index contributed by atoms with van der Waals surface area (Å²) < 4.78 is 11.1. The average molecular weight is 504 g/mol. The van der Waals surface area contributed by atoms with Crippen molar-refractivity contribution in [3.63, 3.8) is 0 Å². The first-order valence-electron chi connectivity index (χ1n) is 13.1. The molecule has 1 aromatic carbocycles. The number of nitrogens with zero attached hydrogens (tertiary/aromatic N) is 1. The molecule has 9 nitrogen and oxygen atoms in total. The van der Waals surface area contributed by atoms with Crippen LogP contribution in [0.5, 0.6) is 11.5 Å². The van der Waals surface area contributed by atoms with Gasteiger partial charge in [0, 0.05) is 13.2 Å². The molecule has 9 heteroatoms. The lowest BCUT2D eigenvalue weighted by molar-refractivity contribution is -0.145. The van der Waals surface area contributed by atoms with Crippen molar-refractivity contribution in [2.75, 3.05) is 27.4 Å². The van der Waals surface area contributed by atoms with Gasteiger partial charge >= 0.3 is 0 Å². The molecular weight excluding hydrogens is 462 g/mol. The standard InChI is InChI=1S/C27H41N3O6/c1-17-15-19(16-22(35-2)24(17)36-3)23(18-9-5-4-6-10-18)27(34)30-13-8-7-11-21(30)26(33)29-20(12-14-31)25(28)32/h15-16,18,20-21,23,31H,4-14H2,1-3H3,(H2,28,32)(H,29,33)/t20-,21-,23-/m0/s1. The van der Waals surface area contributed by atoms with E-state index in [0.717, 1.165) is 56.1 Å². The first-order chi connectivity index (χ1) is 17.3. The Morgan fingerprint density at radius 3 is 2.39 bits per heavy atom. The molecule has 1 aromatic rings. The van der Waals surface area contributed by atoms with Crippen LogP contribution in [0.2, 0.25) is 0 Å². The van der Waals surface area contributed by atoms with E-state index in [2.05, 4.69) is 5.32 Å². The summed E-state index contributed by atoms with van der Waals surface area (Å²) in [7, 11) is 3.19. The van der Waals surface area contributed by atoms with E-state index in [1.54, 1.807) is 19.1 Å². The average Bonchev–Trinajstić information content (AvgIpc) is 2.88. The van der Waals surface area contributed by atoms with Gasteiger partial charge in [-0.15, -0.1) is 0 Å². The van der Waals surface area contributed by atoms with Gasteiger partial charge in [0.2, 0.25) is 17.7 Å². The van der Waals surface area contributed by atoms with Gasteiger partial charge in [0.15, 0.2) is 11.5 Å². The molecule has 0 radical (unpaired) electrons. The Morgan fingerprint density at radius 2 is 1.78 bits per heavy atom. The first kappa shape index (κ1) is 27.8. The van der Waals surface area contributed by atoms with E-state index in [4.69, 9.17) is 15.2 Å². The van der Waals surface area contributed by atoms with Crippen molar-refractivity contribution < 1.29 is 29.0 Å². The molecule has 200 valence electrons. The van der Waals surface area contributed by atoms with E-state index in [1.807, 2.05) is 19.1 Å². The summed E-state index contributed by atoms with van der Waals surface area (Å²) in [6.45, 7) is 2.15. The molecule has 1 aliphatic carbocycles. The molecule has 2 fully saturated rings. The van der Waals surface area contributed by atoms with Gasteiger partial charge in [-0.1, -0.05) is 25.3 Å². The zero-order valence-electron chi connectivity index (χ0n) is 21.8. The van der Waals surface area contributed by atoms with Gasteiger partial charge in [0.1, 0.15) is 12.1 Å². The van der Waals surface area contributed by atoms with Crippen LogP contribution >= 0.6 is 0 Å². The van der Waals surface area contributed by atoms with Gasteiger partial charge in [0.05, 0.1) is 20.1 Å². The van der Waals surface area contributed by atoms with Gasteiger partial charge in [-0.05, 0) is 68.6 Å². The maximum Gasteiger partial charge on any atom is 0.243 e. The predicted molar refractivity (Wildman–Crippen MR) is 136 cm³/mol. The van der Waals surface area contributed by atoms with Gasteiger partial charge in [-0.25, -0.2) is 0 Å². The second-order valence-corrected chi connectivity index (χ2v) is 9.97. The van der Waals surface area contributed by atoms with Crippen molar-refractivity contribution in [1.82, 2.24) is 10.2 Å². The number of benzene rings is 1. The molecule has 0 unspecified atom stereocenters. The molecule has 0 aromatic heterocycles. The third-order valence-electron chi connectivity index (χ3n) is 7.60. The SMILES string of the molecule is COc1cc([C@@H](C(=O)N2CCCC[C@H]2C(=O)N[C@@H](CCO)C(N)=O)C2CCCCC2)cc(C)c1OC. The molecular formula is C27H41N3O6. The lowest BCUT2D eigenvalue weighted by atomic mass is 9.75. The largest absolute Gasteiger partial charge is 0.493 e.